The van der Waals surface area contributed by atoms with Crippen molar-refractivity contribution in [3.05, 3.63) is 28.8 Å². The van der Waals surface area contributed by atoms with Gasteiger partial charge < -0.3 is 9.84 Å². The molecule has 0 atom stereocenters. The van der Waals surface area contributed by atoms with Gasteiger partial charge in [-0.25, -0.2) is 13.1 Å². The van der Waals surface area contributed by atoms with Crippen molar-refractivity contribution in [2.45, 2.75) is 36.5 Å². The highest BCUT2D eigenvalue weighted by atomic mass is 35.5. The van der Waals surface area contributed by atoms with Gasteiger partial charge in [-0.1, -0.05) is 17.7 Å². The molecule has 0 bridgehead atoms. The van der Waals surface area contributed by atoms with Crippen LogP contribution in [0.4, 0.5) is 0 Å². The number of rotatable bonds is 5. The van der Waals surface area contributed by atoms with Crippen LogP contribution >= 0.6 is 11.6 Å². The smallest absolute Gasteiger partial charge is 0.242 e. The van der Waals surface area contributed by atoms with E-state index in [0.29, 0.717) is 18.4 Å². The van der Waals surface area contributed by atoms with Crippen LogP contribution in [-0.4, -0.2) is 32.8 Å². The average molecular weight is 306 g/mol. The Kier molecular flexibility index (Phi) is 4.47. The molecule has 0 aromatic heterocycles. The molecule has 5 nitrogen and oxygen atoms in total. The molecular formula is C12H16ClNO4S. The molecule has 0 saturated heterocycles. The SMILES string of the molecule is COC1CC(NS(=O)(=O)c2cc(CO)ccc2Cl)C1. The van der Waals surface area contributed by atoms with E-state index < -0.39 is 10.0 Å². The van der Waals surface area contributed by atoms with Gasteiger partial charge in [-0.2, -0.15) is 0 Å². The van der Waals surface area contributed by atoms with E-state index in [1.807, 2.05) is 0 Å². The molecule has 1 fully saturated rings. The normalized spacial score (nSPS) is 23.1. The predicted octanol–water partition coefficient (Wildman–Crippen LogP) is 1.29. The summed E-state index contributed by atoms with van der Waals surface area (Å²) in [6, 6.07) is 4.33. The second-order valence-corrected chi connectivity index (χ2v) is 6.66. The quantitative estimate of drug-likeness (QED) is 0.859. The van der Waals surface area contributed by atoms with Gasteiger partial charge in [0.2, 0.25) is 10.0 Å². The number of aliphatic hydroxyl groups is 1. The molecule has 0 radical (unpaired) electrons. The Hall–Kier alpha value is -0.660. The summed E-state index contributed by atoms with van der Waals surface area (Å²) in [5.74, 6) is 0. The van der Waals surface area contributed by atoms with Crippen molar-refractivity contribution in [1.82, 2.24) is 4.72 Å². The van der Waals surface area contributed by atoms with Crippen LogP contribution < -0.4 is 4.72 Å². The van der Waals surface area contributed by atoms with E-state index in [1.54, 1.807) is 13.2 Å². The van der Waals surface area contributed by atoms with E-state index >= 15 is 0 Å². The summed E-state index contributed by atoms with van der Waals surface area (Å²) in [5, 5.41) is 9.20. The fourth-order valence-corrected chi connectivity index (χ4v) is 3.80. The van der Waals surface area contributed by atoms with Gasteiger partial charge in [0, 0.05) is 13.2 Å². The summed E-state index contributed by atoms with van der Waals surface area (Å²) >= 11 is 5.91. The molecule has 0 unspecified atom stereocenters. The molecule has 1 aliphatic rings. The van der Waals surface area contributed by atoms with Crippen molar-refractivity contribution in [2.24, 2.45) is 0 Å². The van der Waals surface area contributed by atoms with Crippen molar-refractivity contribution in [3.8, 4) is 0 Å². The molecule has 1 aromatic rings. The zero-order valence-corrected chi connectivity index (χ0v) is 12.0. The average Bonchev–Trinajstić information content (AvgIpc) is 2.33. The second kappa shape index (κ2) is 5.76. The first-order valence-electron chi connectivity index (χ1n) is 5.90. The van der Waals surface area contributed by atoms with Gasteiger partial charge in [0.05, 0.1) is 17.7 Å². The van der Waals surface area contributed by atoms with Gasteiger partial charge in [-0.15, -0.1) is 0 Å². The molecule has 2 rings (SSSR count). The molecule has 1 aliphatic carbocycles. The Balaban J connectivity index is 2.15. The molecule has 1 aromatic carbocycles. The lowest BCUT2D eigenvalue weighted by atomic mass is 9.90. The van der Waals surface area contributed by atoms with E-state index in [-0.39, 0.29) is 28.7 Å². The zero-order valence-electron chi connectivity index (χ0n) is 10.5. The maximum atomic E-state index is 12.2. The van der Waals surface area contributed by atoms with E-state index in [1.165, 1.54) is 12.1 Å². The molecule has 106 valence electrons. The lowest BCUT2D eigenvalue weighted by Gasteiger charge is -2.34. The van der Waals surface area contributed by atoms with Gasteiger partial charge in [-0.05, 0) is 30.5 Å². The largest absolute Gasteiger partial charge is 0.392 e. The van der Waals surface area contributed by atoms with E-state index in [0.717, 1.165) is 0 Å². The molecule has 0 aliphatic heterocycles. The number of nitrogens with one attached hydrogen (secondary N) is 1. The minimum Gasteiger partial charge on any atom is -0.392 e. The topological polar surface area (TPSA) is 75.6 Å². The summed E-state index contributed by atoms with van der Waals surface area (Å²) in [6.45, 7) is -0.227. The fourth-order valence-electron chi connectivity index (χ4n) is 1.99. The molecular weight excluding hydrogens is 290 g/mol. The molecule has 19 heavy (non-hydrogen) atoms. The standard InChI is InChI=1S/C12H16ClNO4S/c1-18-10-5-9(6-10)14-19(16,17)12-4-8(7-15)2-3-11(12)13/h2-4,9-10,14-15H,5-7H2,1H3. The molecule has 2 N–H and O–H groups in total. The van der Waals surface area contributed by atoms with Crippen molar-refractivity contribution in [1.29, 1.82) is 0 Å². The van der Waals surface area contributed by atoms with E-state index in [4.69, 9.17) is 21.4 Å². The zero-order chi connectivity index (χ0) is 14.0. The van der Waals surface area contributed by atoms with Crippen LogP contribution in [0.2, 0.25) is 5.02 Å². The highest BCUT2D eigenvalue weighted by molar-refractivity contribution is 7.89. The minimum absolute atomic E-state index is 0.00147. The molecule has 0 heterocycles. The van der Waals surface area contributed by atoms with Crippen molar-refractivity contribution >= 4 is 21.6 Å². The fraction of sp³-hybridized carbons (Fsp3) is 0.500. The maximum absolute atomic E-state index is 12.2. The Bertz CT molecular complexity index is 555. The highest BCUT2D eigenvalue weighted by Gasteiger charge is 2.33. The van der Waals surface area contributed by atoms with Crippen molar-refractivity contribution < 1.29 is 18.3 Å². The first kappa shape index (κ1) is 14.7. The lowest BCUT2D eigenvalue weighted by Crippen LogP contribution is -2.47. The summed E-state index contributed by atoms with van der Waals surface area (Å²) in [5.41, 5.74) is 0.508. The number of benzene rings is 1. The number of hydrogen-bond donors (Lipinski definition) is 2. The summed E-state index contributed by atoms with van der Waals surface area (Å²) in [7, 11) is -2.06. The number of methoxy groups -OCH3 is 1. The highest BCUT2D eigenvalue weighted by Crippen LogP contribution is 2.27. The Labute approximate surface area is 117 Å². The number of aliphatic hydroxyl groups excluding tert-OH is 1. The molecule has 7 heteroatoms. The first-order chi connectivity index (χ1) is 8.96. The Morgan fingerprint density at radius 1 is 1.47 bits per heavy atom. The molecule has 1 saturated carbocycles. The van der Waals surface area contributed by atoms with Crippen molar-refractivity contribution in [3.63, 3.8) is 0 Å². The van der Waals surface area contributed by atoms with Crippen molar-refractivity contribution in [2.75, 3.05) is 7.11 Å². The number of sulfonamides is 1. The van der Waals surface area contributed by atoms with Crippen LogP contribution in [0.25, 0.3) is 0 Å². The monoisotopic (exact) mass is 305 g/mol. The summed E-state index contributed by atoms with van der Waals surface area (Å²) in [4.78, 5) is 0.00147. The van der Waals surface area contributed by atoms with Gasteiger partial charge in [0.1, 0.15) is 4.90 Å². The van der Waals surface area contributed by atoms with Crippen LogP contribution in [0.1, 0.15) is 18.4 Å². The van der Waals surface area contributed by atoms with Crippen LogP contribution in [0.5, 0.6) is 0 Å². The third-order valence-electron chi connectivity index (χ3n) is 3.22. The Morgan fingerprint density at radius 3 is 2.74 bits per heavy atom. The third kappa shape index (κ3) is 3.27. The number of halogens is 1. The number of ether oxygens (including phenoxy) is 1. The maximum Gasteiger partial charge on any atom is 0.242 e. The van der Waals surface area contributed by atoms with Crippen LogP contribution in [-0.2, 0) is 21.4 Å². The Morgan fingerprint density at radius 2 is 2.16 bits per heavy atom. The summed E-state index contributed by atoms with van der Waals surface area (Å²) < 4.78 is 32.1. The lowest BCUT2D eigenvalue weighted by molar-refractivity contribution is 0.0236. The van der Waals surface area contributed by atoms with Gasteiger partial charge in [0.15, 0.2) is 0 Å². The van der Waals surface area contributed by atoms with Crippen LogP contribution in [0.3, 0.4) is 0 Å². The second-order valence-electron chi connectivity index (χ2n) is 4.57. The molecule has 0 spiro atoms. The minimum atomic E-state index is -3.66. The van der Waals surface area contributed by atoms with E-state index in [9.17, 15) is 8.42 Å². The van der Waals surface area contributed by atoms with Crippen LogP contribution in [0, 0.1) is 0 Å². The van der Waals surface area contributed by atoms with Crippen LogP contribution in [0.15, 0.2) is 23.1 Å². The van der Waals surface area contributed by atoms with Gasteiger partial charge in [0.25, 0.3) is 0 Å². The summed E-state index contributed by atoms with van der Waals surface area (Å²) in [6.07, 6.45) is 1.44. The van der Waals surface area contributed by atoms with Gasteiger partial charge in [-0.3, -0.25) is 0 Å². The van der Waals surface area contributed by atoms with E-state index in [2.05, 4.69) is 4.72 Å². The van der Waals surface area contributed by atoms with Gasteiger partial charge >= 0.3 is 0 Å². The first-order valence-corrected chi connectivity index (χ1v) is 7.77. The molecule has 0 amide bonds. The third-order valence-corrected chi connectivity index (χ3v) is 5.22. The predicted molar refractivity (Wildman–Crippen MR) is 71.5 cm³/mol. The number of hydrogen-bond acceptors (Lipinski definition) is 4.